The molecule has 1 aromatic carbocycles. The van der Waals surface area contributed by atoms with Gasteiger partial charge in [0.15, 0.2) is 0 Å². The molecular weight excluding hydrogens is 187 g/mol. The summed E-state index contributed by atoms with van der Waals surface area (Å²) in [6.45, 7) is 1.54. The maximum absolute atomic E-state index is 5.43. The molecule has 13 heavy (non-hydrogen) atoms. The van der Waals surface area contributed by atoms with Crippen molar-refractivity contribution in [1.82, 2.24) is 5.32 Å². The van der Waals surface area contributed by atoms with E-state index in [1.165, 1.54) is 11.1 Å². The van der Waals surface area contributed by atoms with Gasteiger partial charge in [0, 0.05) is 0 Å². The van der Waals surface area contributed by atoms with E-state index in [2.05, 4.69) is 36.6 Å². The summed E-state index contributed by atoms with van der Waals surface area (Å²) in [7, 11) is 3.57. The maximum atomic E-state index is 5.43. The second kappa shape index (κ2) is 8.12. The third kappa shape index (κ3) is 5.27. The molecule has 0 saturated heterocycles. The normalized spacial score (nSPS) is 9.38. The van der Waals surface area contributed by atoms with Crippen molar-refractivity contribution in [3.63, 3.8) is 0 Å². The molecule has 1 rings (SSSR count). The van der Waals surface area contributed by atoms with Gasteiger partial charge >= 0.3 is 51.4 Å². The van der Waals surface area contributed by atoms with E-state index in [4.69, 9.17) is 5.73 Å². The quantitative estimate of drug-likeness (QED) is 0.441. The average Bonchev–Trinajstić information content (AvgIpc) is 2.09. The first-order chi connectivity index (χ1) is 5.86. The van der Waals surface area contributed by atoms with Crippen LogP contribution < -0.4 is 62.4 Å². The summed E-state index contributed by atoms with van der Waals surface area (Å²) in [5, 5.41) is 2.86. The third-order valence-corrected chi connectivity index (χ3v) is 1.79. The largest absolute Gasteiger partial charge is 1.00 e. The molecule has 0 unspecified atom stereocenters. The summed E-state index contributed by atoms with van der Waals surface area (Å²) in [5.74, 6) is 0. The second-order valence-corrected chi connectivity index (χ2v) is 2.78. The van der Waals surface area contributed by atoms with Crippen molar-refractivity contribution in [3.05, 3.63) is 42.4 Å². The van der Waals surface area contributed by atoms with Crippen molar-refractivity contribution in [1.29, 1.82) is 0 Å². The van der Waals surface area contributed by atoms with E-state index < -0.39 is 0 Å². The van der Waals surface area contributed by atoms with E-state index in [9.17, 15) is 0 Å². The van der Waals surface area contributed by atoms with Crippen molar-refractivity contribution in [2.75, 3.05) is 6.54 Å². The van der Waals surface area contributed by atoms with Crippen molar-refractivity contribution in [2.24, 2.45) is 5.73 Å². The number of hydrogen-bond acceptors (Lipinski definition) is 2. The zero-order valence-corrected chi connectivity index (χ0v) is 11.3. The van der Waals surface area contributed by atoms with Crippen LogP contribution in [0.2, 0.25) is 0 Å². The first kappa shape index (κ1) is 13.8. The minimum absolute atomic E-state index is 0. The fraction of sp³-hybridized carbons (Fsp3) is 0.300. The molecule has 0 aromatic heterocycles. The molecule has 0 radical (unpaired) electrons. The Kier molecular flexibility index (Phi) is 8.60. The van der Waals surface area contributed by atoms with Gasteiger partial charge in [-0.05, 0) is 30.6 Å². The molecular formula is C10H15KN2. The zero-order chi connectivity index (χ0) is 8.81. The van der Waals surface area contributed by atoms with E-state index in [1.54, 1.807) is 0 Å². The molecule has 0 heterocycles. The van der Waals surface area contributed by atoms with E-state index >= 15 is 0 Å². The predicted octanol–water partition coefficient (Wildman–Crippen LogP) is -1.93. The fourth-order valence-electron chi connectivity index (χ4n) is 1.13. The molecule has 0 aliphatic rings. The van der Waals surface area contributed by atoms with Crippen LogP contribution in [0.25, 0.3) is 0 Å². The van der Waals surface area contributed by atoms with Gasteiger partial charge < -0.3 is 11.1 Å². The third-order valence-electron chi connectivity index (χ3n) is 1.79. The van der Waals surface area contributed by atoms with Crippen LogP contribution in [0.15, 0.2) is 24.3 Å². The monoisotopic (exact) mass is 202 g/mol. The van der Waals surface area contributed by atoms with Gasteiger partial charge in [0.05, 0.1) is 0 Å². The summed E-state index contributed by atoms with van der Waals surface area (Å²) >= 11 is 0. The van der Waals surface area contributed by atoms with Gasteiger partial charge in [-0.3, -0.25) is 7.05 Å². The number of rotatable bonds is 4. The van der Waals surface area contributed by atoms with E-state index in [-0.39, 0.29) is 51.4 Å². The van der Waals surface area contributed by atoms with Crippen molar-refractivity contribution >= 4 is 0 Å². The van der Waals surface area contributed by atoms with E-state index in [1.807, 2.05) is 0 Å². The van der Waals surface area contributed by atoms with Crippen LogP contribution in [0.4, 0.5) is 0 Å². The molecule has 0 amide bonds. The molecule has 3 heteroatoms. The minimum Gasteiger partial charge on any atom is -0.469 e. The van der Waals surface area contributed by atoms with Gasteiger partial charge in [-0.25, -0.2) is 0 Å². The first-order valence-electron chi connectivity index (χ1n) is 4.14. The number of benzene rings is 1. The Hall–Kier alpha value is 0.776. The summed E-state index contributed by atoms with van der Waals surface area (Å²) in [4.78, 5) is 0. The molecule has 0 atom stereocenters. The molecule has 3 N–H and O–H groups in total. The predicted molar refractivity (Wildman–Crippen MR) is 51.4 cm³/mol. The van der Waals surface area contributed by atoms with Gasteiger partial charge in [0.2, 0.25) is 0 Å². The van der Waals surface area contributed by atoms with Crippen LogP contribution in [-0.2, 0) is 13.0 Å². The van der Waals surface area contributed by atoms with Gasteiger partial charge in [0.1, 0.15) is 0 Å². The van der Waals surface area contributed by atoms with Crippen LogP contribution >= 0.6 is 0 Å². The fourth-order valence-corrected chi connectivity index (χ4v) is 1.13. The topological polar surface area (TPSA) is 38.0 Å². The maximum Gasteiger partial charge on any atom is 1.00 e. The molecule has 1 aromatic rings. The Balaban J connectivity index is 0.00000144. The Labute approximate surface area is 123 Å². The van der Waals surface area contributed by atoms with Crippen molar-refractivity contribution < 1.29 is 51.4 Å². The van der Waals surface area contributed by atoms with Crippen LogP contribution in [-0.4, -0.2) is 6.54 Å². The summed E-state index contributed by atoms with van der Waals surface area (Å²) in [6.07, 6.45) is 0.956. The number of nitrogens with two attached hydrogens (primary N) is 1. The van der Waals surface area contributed by atoms with Gasteiger partial charge in [-0.1, -0.05) is 24.3 Å². The minimum atomic E-state index is 0. The summed E-state index contributed by atoms with van der Waals surface area (Å²) < 4.78 is 0. The molecule has 0 fully saturated rings. The Morgan fingerprint density at radius 3 is 2.15 bits per heavy atom. The Bertz CT molecular complexity index is 196. The van der Waals surface area contributed by atoms with Gasteiger partial charge in [-0.2, -0.15) is 0 Å². The zero-order valence-electron chi connectivity index (χ0n) is 8.22. The summed E-state index contributed by atoms with van der Waals surface area (Å²) in [6, 6.07) is 8.42. The first-order valence-corrected chi connectivity index (χ1v) is 4.14. The van der Waals surface area contributed by atoms with E-state index in [0.29, 0.717) is 6.54 Å². The summed E-state index contributed by atoms with van der Waals surface area (Å²) in [5.41, 5.74) is 7.99. The molecule has 0 spiro atoms. The smallest absolute Gasteiger partial charge is 0.469 e. The average molecular weight is 202 g/mol. The SMILES string of the molecule is [CH2-]NCc1ccc(CCN)cc1.[K+]. The Morgan fingerprint density at radius 2 is 1.69 bits per heavy atom. The van der Waals surface area contributed by atoms with Gasteiger partial charge in [-0.15, -0.1) is 0 Å². The molecule has 0 saturated carbocycles. The van der Waals surface area contributed by atoms with E-state index in [0.717, 1.165) is 13.0 Å². The molecule has 0 bridgehead atoms. The van der Waals surface area contributed by atoms with Gasteiger partial charge in [0.25, 0.3) is 0 Å². The second-order valence-electron chi connectivity index (χ2n) is 2.78. The van der Waals surface area contributed by atoms with Crippen LogP contribution in [0.5, 0.6) is 0 Å². The number of hydrogen-bond donors (Lipinski definition) is 2. The molecule has 2 nitrogen and oxygen atoms in total. The molecule has 0 aliphatic heterocycles. The van der Waals surface area contributed by atoms with Crippen molar-refractivity contribution in [2.45, 2.75) is 13.0 Å². The van der Waals surface area contributed by atoms with Crippen LogP contribution in [0.1, 0.15) is 11.1 Å². The Morgan fingerprint density at radius 1 is 1.15 bits per heavy atom. The van der Waals surface area contributed by atoms with Crippen molar-refractivity contribution in [3.8, 4) is 0 Å². The number of nitrogens with one attached hydrogen (secondary N) is 1. The standard InChI is InChI=1S/C10H15N2.K/c1-12-8-10-4-2-9(3-5-10)6-7-11;/h2-5,12H,1,6-8,11H2;/q-1;+1. The van der Waals surface area contributed by atoms with Crippen LogP contribution in [0.3, 0.4) is 0 Å². The van der Waals surface area contributed by atoms with Crippen LogP contribution in [0, 0.1) is 7.05 Å². The molecule has 0 aliphatic carbocycles. The molecule has 66 valence electrons.